The van der Waals surface area contributed by atoms with Gasteiger partial charge in [0.25, 0.3) is 0 Å². The van der Waals surface area contributed by atoms with E-state index in [9.17, 15) is 22.0 Å². The van der Waals surface area contributed by atoms with Gasteiger partial charge in [-0.2, -0.15) is 13.2 Å². The van der Waals surface area contributed by atoms with Gasteiger partial charge in [-0.05, 0) is 36.4 Å². The zero-order chi connectivity index (χ0) is 18.2. The molecule has 2 aromatic heterocycles. The molecular formula is C16H7ClF5N3. The summed E-state index contributed by atoms with van der Waals surface area (Å²) in [6, 6.07) is 6.05. The Hall–Kier alpha value is -2.61. The Bertz CT molecular complexity index is 943. The summed E-state index contributed by atoms with van der Waals surface area (Å²) in [5.74, 6) is -2.58. The molecule has 0 saturated heterocycles. The van der Waals surface area contributed by atoms with Crippen molar-refractivity contribution in [1.29, 1.82) is 0 Å². The Kier molecular flexibility index (Phi) is 4.38. The van der Waals surface area contributed by atoms with Gasteiger partial charge in [-0.3, -0.25) is 0 Å². The van der Waals surface area contributed by atoms with Gasteiger partial charge < -0.3 is 0 Å². The number of hydrogen-bond acceptors (Lipinski definition) is 3. The van der Waals surface area contributed by atoms with E-state index in [1.807, 2.05) is 0 Å². The van der Waals surface area contributed by atoms with E-state index in [-0.39, 0.29) is 27.8 Å². The third-order valence-corrected chi connectivity index (χ3v) is 3.42. The summed E-state index contributed by atoms with van der Waals surface area (Å²) in [6.07, 6.45) is -3.46. The minimum atomic E-state index is -4.75. The molecular weight excluding hydrogens is 365 g/mol. The van der Waals surface area contributed by atoms with Gasteiger partial charge in [0.1, 0.15) is 10.8 Å². The Balaban J connectivity index is 2.21. The van der Waals surface area contributed by atoms with Crippen LogP contribution in [0.5, 0.6) is 0 Å². The van der Waals surface area contributed by atoms with E-state index in [1.54, 1.807) is 0 Å². The lowest BCUT2D eigenvalue weighted by atomic mass is 10.1. The predicted molar refractivity (Wildman–Crippen MR) is 80.6 cm³/mol. The molecule has 0 fully saturated rings. The maximum Gasteiger partial charge on any atom is 0.433 e. The van der Waals surface area contributed by atoms with Crippen LogP contribution in [0.4, 0.5) is 22.0 Å². The second-order valence-electron chi connectivity index (χ2n) is 4.96. The fraction of sp³-hybridized carbons (Fsp3) is 0.0625. The highest BCUT2D eigenvalue weighted by molar-refractivity contribution is 6.29. The fourth-order valence-corrected chi connectivity index (χ4v) is 2.24. The number of hydrogen-bond donors (Lipinski definition) is 0. The highest BCUT2D eigenvalue weighted by Crippen LogP contribution is 2.32. The van der Waals surface area contributed by atoms with Crippen LogP contribution < -0.4 is 0 Å². The number of alkyl halides is 3. The summed E-state index contributed by atoms with van der Waals surface area (Å²) >= 11 is 5.74. The van der Waals surface area contributed by atoms with Crippen molar-refractivity contribution in [3.63, 3.8) is 0 Å². The zero-order valence-electron chi connectivity index (χ0n) is 12.2. The maximum atomic E-state index is 13.4. The first-order chi connectivity index (χ1) is 11.7. The minimum Gasteiger partial charge on any atom is -0.245 e. The van der Waals surface area contributed by atoms with Crippen molar-refractivity contribution in [2.45, 2.75) is 6.18 Å². The van der Waals surface area contributed by atoms with Crippen LogP contribution in [0.25, 0.3) is 22.6 Å². The van der Waals surface area contributed by atoms with Crippen LogP contribution in [0.1, 0.15) is 5.69 Å². The van der Waals surface area contributed by atoms with Gasteiger partial charge in [-0.25, -0.2) is 23.7 Å². The third kappa shape index (κ3) is 3.74. The normalized spacial score (nSPS) is 11.6. The summed E-state index contributed by atoms with van der Waals surface area (Å²) in [5.41, 5.74) is -1.24. The first-order valence-corrected chi connectivity index (χ1v) is 7.15. The quantitative estimate of drug-likeness (QED) is 0.461. The lowest BCUT2D eigenvalue weighted by Gasteiger charge is -2.11. The van der Waals surface area contributed by atoms with Gasteiger partial charge in [-0.15, -0.1) is 0 Å². The summed E-state index contributed by atoms with van der Waals surface area (Å²) in [5, 5.41) is 0.0490. The second-order valence-corrected chi connectivity index (χ2v) is 5.34. The van der Waals surface area contributed by atoms with Crippen LogP contribution in [0.2, 0.25) is 5.15 Å². The van der Waals surface area contributed by atoms with Crippen molar-refractivity contribution >= 4 is 11.6 Å². The van der Waals surface area contributed by atoms with E-state index in [4.69, 9.17) is 11.6 Å². The third-order valence-electron chi connectivity index (χ3n) is 3.22. The number of rotatable bonds is 2. The molecule has 0 spiro atoms. The molecule has 9 heteroatoms. The first-order valence-electron chi connectivity index (χ1n) is 6.77. The molecule has 0 radical (unpaired) electrons. The second kappa shape index (κ2) is 6.36. The van der Waals surface area contributed by atoms with Crippen LogP contribution in [-0.4, -0.2) is 15.0 Å². The molecule has 0 saturated carbocycles. The molecule has 3 aromatic rings. The van der Waals surface area contributed by atoms with Crippen molar-refractivity contribution in [3.8, 4) is 22.6 Å². The molecule has 0 aliphatic carbocycles. The van der Waals surface area contributed by atoms with E-state index < -0.39 is 23.5 Å². The SMILES string of the molecule is Fc1ccc(-c2cc(C(F)(F)F)nc(-c3ccnc(Cl)c3)n2)cc1F. The average molecular weight is 372 g/mol. The maximum absolute atomic E-state index is 13.4. The Labute approximate surface area is 143 Å². The number of nitrogens with zero attached hydrogens (tertiary/aromatic N) is 3. The smallest absolute Gasteiger partial charge is 0.245 e. The molecule has 0 bridgehead atoms. The lowest BCUT2D eigenvalue weighted by Crippen LogP contribution is -2.10. The largest absolute Gasteiger partial charge is 0.433 e. The summed E-state index contributed by atoms with van der Waals surface area (Å²) in [4.78, 5) is 11.2. The molecule has 0 aliphatic heterocycles. The predicted octanol–water partition coefficient (Wildman–Crippen LogP) is 5.16. The molecule has 0 aliphatic rings. The topological polar surface area (TPSA) is 38.7 Å². The van der Waals surface area contributed by atoms with E-state index in [0.29, 0.717) is 6.07 Å². The molecule has 25 heavy (non-hydrogen) atoms. The number of aromatic nitrogens is 3. The molecule has 128 valence electrons. The van der Waals surface area contributed by atoms with Gasteiger partial charge >= 0.3 is 6.18 Å². The fourth-order valence-electron chi connectivity index (χ4n) is 2.07. The van der Waals surface area contributed by atoms with E-state index in [1.165, 1.54) is 18.3 Å². The van der Waals surface area contributed by atoms with Crippen LogP contribution in [0.3, 0.4) is 0 Å². The highest BCUT2D eigenvalue weighted by Gasteiger charge is 2.34. The number of halogens is 6. The minimum absolute atomic E-state index is 0.0202. The number of benzene rings is 1. The van der Waals surface area contributed by atoms with E-state index >= 15 is 0 Å². The summed E-state index contributed by atoms with van der Waals surface area (Å²) in [6.45, 7) is 0. The van der Waals surface area contributed by atoms with Gasteiger partial charge in [0.05, 0.1) is 5.69 Å². The Morgan fingerprint density at radius 1 is 0.840 bits per heavy atom. The lowest BCUT2D eigenvalue weighted by molar-refractivity contribution is -0.141. The average Bonchev–Trinajstić information content (AvgIpc) is 2.56. The van der Waals surface area contributed by atoms with Gasteiger partial charge in [-0.1, -0.05) is 11.6 Å². The first kappa shape index (κ1) is 17.2. The zero-order valence-corrected chi connectivity index (χ0v) is 12.9. The van der Waals surface area contributed by atoms with Crippen molar-refractivity contribution in [1.82, 2.24) is 15.0 Å². The molecule has 0 unspecified atom stereocenters. The molecule has 0 amide bonds. The summed E-state index contributed by atoms with van der Waals surface area (Å²) in [7, 11) is 0. The Morgan fingerprint density at radius 3 is 2.24 bits per heavy atom. The Morgan fingerprint density at radius 2 is 1.60 bits per heavy atom. The van der Waals surface area contributed by atoms with Crippen molar-refractivity contribution < 1.29 is 22.0 Å². The van der Waals surface area contributed by atoms with E-state index in [2.05, 4.69) is 15.0 Å². The standard InChI is InChI=1S/C16H7ClF5N3/c17-14-6-9(3-4-23-14)15-24-12(7-13(25-15)16(20,21)22)8-1-2-10(18)11(19)5-8/h1-7H. The van der Waals surface area contributed by atoms with Crippen LogP contribution in [0.15, 0.2) is 42.6 Å². The van der Waals surface area contributed by atoms with Crippen LogP contribution in [-0.2, 0) is 6.18 Å². The molecule has 1 aromatic carbocycles. The monoisotopic (exact) mass is 371 g/mol. The van der Waals surface area contributed by atoms with Crippen LogP contribution in [0, 0.1) is 11.6 Å². The number of pyridine rings is 1. The van der Waals surface area contributed by atoms with E-state index in [0.717, 1.165) is 18.2 Å². The summed E-state index contributed by atoms with van der Waals surface area (Å²) < 4.78 is 65.9. The van der Waals surface area contributed by atoms with Gasteiger partial charge in [0, 0.05) is 17.3 Å². The molecule has 2 heterocycles. The van der Waals surface area contributed by atoms with Crippen molar-refractivity contribution in [2.75, 3.05) is 0 Å². The van der Waals surface area contributed by atoms with Crippen LogP contribution >= 0.6 is 11.6 Å². The molecule has 3 rings (SSSR count). The van der Waals surface area contributed by atoms with Crippen molar-refractivity contribution in [3.05, 3.63) is 65.1 Å². The van der Waals surface area contributed by atoms with Crippen molar-refractivity contribution in [2.24, 2.45) is 0 Å². The highest BCUT2D eigenvalue weighted by atomic mass is 35.5. The molecule has 0 atom stereocenters. The van der Waals surface area contributed by atoms with Gasteiger partial charge in [0.2, 0.25) is 0 Å². The van der Waals surface area contributed by atoms with Gasteiger partial charge in [0.15, 0.2) is 17.5 Å². The molecule has 3 nitrogen and oxygen atoms in total. The molecule has 0 N–H and O–H groups in total.